The molecule has 0 fully saturated rings. The second-order valence-corrected chi connectivity index (χ2v) is 6.39. The Hall–Kier alpha value is -1.85. The van der Waals surface area contributed by atoms with Crippen molar-refractivity contribution in [1.82, 2.24) is 0 Å². The van der Waals surface area contributed by atoms with Gasteiger partial charge >= 0.3 is 5.97 Å². The van der Waals surface area contributed by atoms with Gasteiger partial charge in [-0.05, 0) is 44.4 Å². The number of hydrogen-bond donors (Lipinski definition) is 1. The van der Waals surface area contributed by atoms with Crippen LogP contribution in [0.25, 0.3) is 0 Å². The molecule has 0 aliphatic rings. The molecule has 1 aromatic carbocycles. The Balaban J connectivity index is 2.62. The molecule has 0 spiro atoms. The lowest BCUT2D eigenvalue weighted by atomic mass is 10.0. The van der Waals surface area contributed by atoms with Crippen molar-refractivity contribution < 1.29 is 24.1 Å². The highest BCUT2D eigenvalue weighted by atomic mass is 16.7. The van der Waals surface area contributed by atoms with Crippen LogP contribution in [0.15, 0.2) is 36.1 Å². The first-order valence-electron chi connectivity index (χ1n) is 10.0. The van der Waals surface area contributed by atoms with E-state index in [1.807, 2.05) is 38.1 Å². The summed E-state index contributed by atoms with van der Waals surface area (Å²) < 4.78 is 16.7. The molecule has 0 radical (unpaired) electrons. The second kappa shape index (κ2) is 14.2. The molecule has 152 valence electrons. The maximum Gasteiger partial charge on any atom is 0.331 e. The van der Waals surface area contributed by atoms with Gasteiger partial charge in [0.2, 0.25) is 6.29 Å². The van der Waals surface area contributed by atoms with Crippen LogP contribution in [0, 0.1) is 0 Å². The summed E-state index contributed by atoms with van der Waals surface area (Å²) >= 11 is 0. The van der Waals surface area contributed by atoms with Crippen molar-refractivity contribution in [2.45, 2.75) is 72.0 Å². The molecule has 1 rings (SSSR count). The van der Waals surface area contributed by atoms with Gasteiger partial charge in [0.25, 0.3) is 0 Å². The van der Waals surface area contributed by atoms with E-state index in [2.05, 4.69) is 6.92 Å². The minimum Gasteiger partial charge on any atom is -0.478 e. The number of unbranched alkanes of at least 4 members (excludes halogenated alkanes) is 5. The monoisotopic (exact) mass is 378 g/mol. The van der Waals surface area contributed by atoms with E-state index in [-0.39, 0.29) is 5.76 Å². The van der Waals surface area contributed by atoms with Gasteiger partial charge < -0.3 is 19.3 Å². The number of carboxylic acids is 1. The Bertz CT molecular complexity index is 544. The average Bonchev–Trinajstić information content (AvgIpc) is 2.65. The molecule has 0 bridgehead atoms. The smallest absolute Gasteiger partial charge is 0.331 e. The molecule has 0 saturated carbocycles. The summed E-state index contributed by atoms with van der Waals surface area (Å²) in [5.74, 6) is -0.400. The zero-order chi connectivity index (χ0) is 19.9. The summed E-state index contributed by atoms with van der Waals surface area (Å²) in [6, 6.07) is 7.76. The van der Waals surface area contributed by atoms with Gasteiger partial charge in [0, 0.05) is 13.2 Å². The number of carboxylic acid groups (broad SMARTS) is 1. The number of aryl methyl sites for hydroxylation is 1. The van der Waals surface area contributed by atoms with Gasteiger partial charge in [0.15, 0.2) is 5.76 Å². The molecule has 0 unspecified atom stereocenters. The van der Waals surface area contributed by atoms with E-state index in [1.165, 1.54) is 44.1 Å². The van der Waals surface area contributed by atoms with Gasteiger partial charge in [-0.15, -0.1) is 0 Å². The minimum atomic E-state index is -1.10. The van der Waals surface area contributed by atoms with Crippen LogP contribution in [-0.4, -0.2) is 30.6 Å². The van der Waals surface area contributed by atoms with Crippen LogP contribution in [0.4, 0.5) is 0 Å². The normalized spacial score (nSPS) is 11.8. The van der Waals surface area contributed by atoms with Crippen LogP contribution in [-0.2, 0) is 20.7 Å². The topological polar surface area (TPSA) is 65.0 Å². The zero-order valence-electron chi connectivity index (χ0n) is 16.9. The lowest BCUT2D eigenvalue weighted by Gasteiger charge is -2.20. The van der Waals surface area contributed by atoms with Crippen LogP contribution < -0.4 is 4.74 Å². The summed E-state index contributed by atoms with van der Waals surface area (Å²) in [4.78, 5) is 11.1. The molecule has 0 amide bonds. The number of rotatable bonds is 15. The van der Waals surface area contributed by atoms with E-state index >= 15 is 0 Å². The highest BCUT2D eigenvalue weighted by molar-refractivity contribution is 5.80. The molecular weight excluding hydrogens is 344 g/mol. The Kier molecular flexibility index (Phi) is 12.2. The Labute approximate surface area is 163 Å². The molecule has 27 heavy (non-hydrogen) atoms. The Morgan fingerprint density at radius 1 is 0.963 bits per heavy atom. The summed E-state index contributed by atoms with van der Waals surface area (Å²) in [6.45, 7) is 6.65. The quantitative estimate of drug-likeness (QED) is 0.193. The lowest BCUT2D eigenvalue weighted by Crippen LogP contribution is -2.24. The van der Waals surface area contributed by atoms with Crippen molar-refractivity contribution >= 4 is 5.97 Å². The highest BCUT2D eigenvalue weighted by Crippen LogP contribution is 2.20. The van der Waals surface area contributed by atoms with E-state index in [0.717, 1.165) is 12.5 Å². The van der Waals surface area contributed by atoms with Crippen LogP contribution >= 0.6 is 0 Å². The van der Waals surface area contributed by atoms with Crippen molar-refractivity contribution in [3.8, 4) is 5.75 Å². The molecule has 0 aliphatic carbocycles. The van der Waals surface area contributed by atoms with E-state index < -0.39 is 12.3 Å². The molecule has 0 aliphatic heterocycles. The molecule has 1 aromatic rings. The third-order valence-electron chi connectivity index (χ3n) is 4.11. The third-order valence-corrected chi connectivity index (χ3v) is 4.11. The third kappa shape index (κ3) is 10.2. The Morgan fingerprint density at radius 3 is 2.11 bits per heavy atom. The average molecular weight is 379 g/mol. The maximum atomic E-state index is 11.1. The predicted octanol–water partition coefficient (Wildman–Crippen LogP) is 5.34. The molecule has 0 saturated heterocycles. The van der Waals surface area contributed by atoms with Gasteiger partial charge in [-0.1, -0.05) is 51.2 Å². The van der Waals surface area contributed by atoms with Gasteiger partial charge in [-0.3, -0.25) is 0 Å². The molecule has 0 aromatic heterocycles. The van der Waals surface area contributed by atoms with Crippen LogP contribution in [0.3, 0.4) is 0 Å². The van der Waals surface area contributed by atoms with Crippen molar-refractivity contribution in [3.63, 3.8) is 0 Å². The highest BCUT2D eigenvalue weighted by Gasteiger charge is 2.19. The van der Waals surface area contributed by atoms with E-state index in [4.69, 9.17) is 19.3 Å². The predicted molar refractivity (Wildman–Crippen MR) is 107 cm³/mol. The van der Waals surface area contributed by atoms with Gasteiger partial charge in [0.1, 0.15) is 5.75 Å². The first-order chi connectivity index (χ1) is 13.1. The van der Waals surface area contributed by atoms with Crippen molar-refractivity contribution in [2.75, 3.05) is 13.2 Å². The minimum absolute atomic E-state index is 0.134. The largest absolute Gasteiger partial charge is 0.478 e. The fourth-order valence-corrected chi connectivity index (χ4v) is 2.75. The fourth-order valence-electron chi connectivity index (χ4n) is 2.75. The number of carbonyl (C=O) groups is 1. The number of hydrogen-bond acceptors (Lipinski definition) is 4. The van der Waals surface area contributed by atoms with E-state index in [0.29, 0.717) is 19.0 Å². The summed E-state index contributed by atoms with van der Waals surface area (Å²) in [5, 5.41) is 9.10. The molecular formula is C22H34O5. The van der Waals surface area contributed by atoms with Crippen molar-refractivity contribution in [1.29, 1.82) is 0 Å². The second-order valence-electron chi connectivity index (χ2n) is 6.39. The van der Waals surface area contributed by atoms with Crippen LogP contribution in [0.1, 0.15) is 64.9 Å². The molecule has 0 atom stereocenters. The van der Waals surface area contributed by atoms with E-state index in [1.54, 1.807) is 0 Å². The SMILES string of the molecule is CCCCCCCCc1ccc(O/C(=C\C(=O)O)C(OCC)OCC)cc1. The van der Waals surface area contributed by atoms with E-state index in [9.17, 15) is 4.79 Å². The standard InChI is InChI=1S/C22H34O5/c1-4-7-8-9-10-11-12-18-13-15-19(16-14-18)27-20(17-21(23)24)22(25-5-2)26-6-3/h13-17,22H,4-12H2,1-3H3,(H,23,24)/b20-17-. The lowest BCUT2D eigenvalue weighted by molar-refractivity contribution is -0.136. The molecule has 0 heterocycles. The number of aliphatic carboxylic acids is 1. The van der Waals surface area contributed by atoms with Crippen LogP contribution in [0.2, 0.25) is 0 Å². The summed E-state index contributed by atoms with van der Waals surface area (Å²) in [6.07, 6.45) is 8.86. The van der Waals surface area contributed by atoms with Gasteiger partial charge in [-0.2, -0.15) is 0 Å². The molecule has 1 N–H and O–H groups in total. The zero-order valence-corrected chi connectivity index (χ0v) is 16.9. The molecule has 5 nitrogen and oxygen atoms in total. The van der Waals surface area contributed by atoms with Gasteiger partial charge in [0.05, 0.1) is 6.08 Å². The Morgan fingerprint density at radius 2 is 1.56 bits per heavy atom. The van der Waals surface area contributed by atoms with Crippen molar-refractivity contribution in [3.05, 3.63) is 41.7 Å². The van der Waals surface area contributed by atoms with Gasteiger partial charge in [-0.25, -0.2) is 4.79 Å². The number of benzene rings is 1. The van der Waals surface area contributed by atoms with Crippen molar-refractivity contribution in [2.24, 2.45) is 0 Å². The summed E-state index contributed by atoms with van der Waals surface area (Å²) in [7, 11) is 0. The fraction of sp³-hybridized carbons (Fsp3) is 0.591. The maximum absolute atomic E-state index is 11.1. The summed E-state index contributed by atoms with van der Waals surface area (Å²) in [5.41, 5.74) is 1.26. The first kappa shape index (κ1) is 23.2. The first-order valence-corrected chi connectivity index (χ1v) is 10.0. The van der Waals surface area contributed by atoms with Crippen LogP contribution in [0.5, 0.6) is 5.75 Å². The molecule has 5 heteroatoms. The number of ether oxygens (including phenoxy) is 3.